The van der Waals surface area contributed by atoms with Crippen LogP contribution in [0, 0.1) is 23.7 Å². The highest BCUT2D eigenvalue weighted by molar-refractivity contribution is 6.58. The summed E-state index contributed by atoms with van der Waals surface area (Å²) in [4.78, 5) is 64.0. The number of rotatable bonds is 8. The molecule has 4 N–H and O–H groups in total. The third-order valence-corrected chi connectivity index (χ3v) is 12.4. The number of imide groups is 2. The van der Waals surface area contributed by atoms with E-state index in [1.54, 1.807) is 18.2 Å². The first kappa shape index (κ1) is 40.2. The molecule has 2 saturated heterocycles. The van der Waals surface area contributed by atoms with Crippen molar-refractivity contribution in [3.63, 3.8) is 0 Å². The quantitative estimate of drug-likeness (QED) is 0.107. The van der Waals surface area contributed by atoms with E-state index in [1.165, 1.54) is 62.8 Å². The molecule has 3 heterocycles. The van der Waals surface area contributed by atoms with Gasteiger partial charge in [-0.05, 0) is 77.8 Å². The van der Waals surface area contributed by atoms with E-state index in [2.05, 4.69) is 10.4 Å². The van der Waals surface area contributed by atoms with Gasteiger partial charge in [-0.15, -0.1) is 0 Å². The van der Waals surface area contributed by atoms with Crippen LogP contribution in [0.4, 0.5) is 24.7 Å². The van der Waals surface area contributed by atoms with Crippen LogP contribution >= 0.6 is 23.2 Å². The van der Waals surface area contributed by atoms with Crippen LogP contribution in [-0.4, -0.2) is 70.1 Å². The van der Waals surface area contributed by atoms with Gasteiger partial charge in [-0.1, -0.05) is 59.1 Å². The number of benzene rings is 3. The Kier molecular flexibility index (Phi) is 9.93. The molecule has 1 saturated carbocycles. The Labute approximate surface area is 344 Å². The summed E-state index contributed by atoms with van der Waals surface area (Å²) in [6.07, 6.45) is -2.62. The van der Waals surface area contributed by atoms with Crippen molar-refractivity contribution in [3.8, 4) is 17.2 Å². The number of nitrogens with one attached hydrogen (secondary N) is 1. The van der Waals surface area contributed by atoms with E-state index >= 15 is 4.79 Å². The number of alkyl halides is 3. The van der Waals surface area contributed by atoms with Gasteiger partial charge >= 0.3 is 13.3 Å². The van der Waals surface area contributed by atoms with E-state index in [9.17, 15) is 42.7 Å². The number of amides is 4. The monoisotopic (exact) mass is 850 g/mol. The summed E-state index contributed by atoms with van der Waals surface area (Å²) in [7, 11) is 0.736. The summed E-state index contributed by atoms with van der Waals surface area (Å²) in [5.41, 5.74) is 0.853. The van der Waals surface area contributed by atoms with Crippen molar-refractivity contribution in [3.05, 3.63) is 111 Å². The standard InChI is InChI=1S/C40H32BCl2F3N4O9/c1-58-29-12-18(13-30(59-2)33(29)51)32-24-10-11-25-31(37(54)49(35(25)52)23-5-3-4-21(15-23)41(56)57)26(24)16-27-36(53)50(38(55)39(27,32)19-6-8-22(42)9-7-19)48-34-28(43)14-20(17-47-34)40(44,45)46/h3-10,12-15,17,25-27,31-32,51,56-57H,11,16H2,1-2H3,(H,47,48)/t25-,26+,27-,31-,32-,39+/m0/s1. The average molecular weight is 851 g/mol. The van der Waals surface area contributed by atoms with Gasteiger partial charge < -0.3 is 24.6 Å². The number of nitrogens with zero attached hydrogens (tertiary/aromatic N) is 3. The molecule has 2 aliphatic heterocycles. The molecule has 1 aromatic heterocycles. The Hall–Kier alpha value is -5.62. The van der Waals surface area contributed by atoms with E-state index in [-0.39, 0.29) is 41.2 Å². The highest BCUT2D eigenvalue weighted by atomic mass is 35.5. The second kappa shape index (κ2) is 14.6. The Morgan fingerprint density at radius 2 is 1.59 bits per heavy atom. The van der Waals surface area contributed by atoms with Gasteiger partial charge in [-0.25, -0.2) is 4.98 Å². The van der Waals surface area contributed by atoms with Crippen molar-refractivity contribution < 1.29 is 57.0 Å². The minimum Gasteiger partial charge on any atom is -0.502 e. The number of allylic oxidation sites excluding steroid dienone is 2. The number of anilines is 2. The average Bonchev–Trinajstić information content (AvgIpc) is 3.59. The number of carbonyl (C=O) groups is 4. The molecule has 19 heteroatoms. The van der Waals surface area contributed by atoms with Gasteiger partial charge in [-0.3, -0.25) is 29.5 Å². The van der Waals surface area contributed by atoms with Crippen LogP contribution in [0.3, 0.4) is 0 Å². The zero-order valence-corrected chi connectivity index (χ0v) is 32.4. The zero-order valence-electron chi connectivity index (χ0n) is 30.9. The first-order chi connectivity index (χ1) is 28.0. The summed E-state index contributed by atoms with van der Waals surface area (Å²) in [5, 5.41) is 31.1. The number of halogens is 5. The third-order valence-electron chi connectivity index (χ3n) is 11.8. The molecule has 59 heavy (non-hydrogen) atoms. The lowest BCUT2D eigenvalue weighted by Gasteiger charge is -2.50. The predicted molar refractivity (Wildman–Crippen MR) is 207 cm³/mol. The SMILES string of the molecule is COc1cc([C@H]2C3=CC[C@@H]4C(=O)N(c5cccc(B(O)O)c5)C(=O)[C@@H]4[C@@H]3C[C@H]3C(=O)N(Nc4ncc(C(F)(F)F)cc4Cl)C(=O)[C@@]23c2ccc(Cl)cc2)cc(OC)c1O. The van der Waals surface area contributed by atoms with E-state index in [0.717, 1.165) is 4.90 Å². The Balaban J connectivity index is 1.33. The van der Waals surface area contributed by atoms with Crippen LogP contribution in [0.25, 0.3) is 0 Å². The number of fused-ring (bicyclic) bond motifs is 4. The maximum atomic E-state index is 15.5. The molecule has 2 aliphatic carbocycles. The highest BCUT2D eigenvalue weighted by Crippen LogP contribution is 2.65. The number of pyridine rings is 1. The van der Waals surface area contributed by atoms with Crippen LogP contribution in [0.5, 0.6) is 17.2 Å². The fourth-order valence-electron chi connectivity index (χ4n) is 9.32. The molecule has 0 unspecified atom stereocenters. The molecule has 13 nitrogen and oxygen atoms in total. The number of carbonyl (C=O) groups excluding carboxylic acids is 4. The van der Waals surface area contributed by atoms with E-state index < -0.39 is 88.3 Å². The predicted octanol–water partition coefficient (Wildman–Crippen LogP) is 5.00. The van der Waals surface area contributed by atoms with Gasteiger partial charge in [0.1, 0.15) is 0 Å². The van der Waals surface area contributed by atoms with Crippen LogP contribution in [-0.2, 0) is 30.8 Å². The molecule has 4 aromatic rings. The summed E-state index contributed by atoms with van der Waals surface area (Å²) in [5.74, 6) is -8.94. The van der Waals surface area contributed by atoms with Crippen molar-refractivity contribution in [2.24, 2.45) is 23.7 Å². The minimum atomic E-state index is -4.79. The van der Waals surface area contributed by atoms with Gasteiger partial charge in [0.2, 0.25) is 17.6 Å². The molecule has 4 amide bonds. The van der Waals surface area contributed by atoms with Crippen LogP contribution < -0.4 is 25.3 Å². The van der Waals surface area contributed by atoms with Gasteiger partial charge in [0.15, 0.2) is 17.3 Å². The van der Waals surface area contributed by atoms with Crippen molar-refractivity contribution in [1.29, 1.82) is 0 Å². The summed E-state index contributed by atoms with van der Waals surface area (Å²) >= 11 is 12.6. The smallest absolute Gasteiger partial charge is 0.488 e. The molecule has 6 atom stereocenters. The van der Waals surface area contributed by atoms with E-state index in [4.69, 9.17) is 32.7 Å². The normalized spacial score (nSPS) is 25.0. The number of phenols is 1. The molecule has 3 fully saturated rings. The fraction of sp³-hybridized carbons (Fsp3) is 0.275. The number of aromatic hydroxyl groups is 1. The molecule has 8 rings (SSSR count). The first-order valence-corrected chi connectivity index (χ1v) is 18.9. The van der Waals surface area contributed by atoms with Gasteiger partial charge in [0, 0.05) is 17.1 Å². The van der Waals surface area contributed by atoms with Gasteiger partial charge in [-0.2, -0.15) is 18.2 Å². The number of aromatic nitrogens is 1. The molecular formula is C40H32BCl2F3N4O9. The summed E-state index contributed by atoms with van der Waals surface area (Å²) in [6.45, 7) is 0. The topological polar surface area (TPSA) is 179 Å². The minimum absolute atomic E-state index is 0.0410. The molecule has 0 bridgehead atoms. The summed E-state index contributed by atoms with van der Waals surface area (Å²) in [6, 6.07) is 15.5. The Morgan fingerprint density at radius 3 is 2.20 bits per heavy atom. The van der Waals surface area contributed by atoms with Crippen LogP contribution in [0.2, 0.25) is 10.0 Å². The van der Waals surface area contributed by atoms with E-state index in [0.29, 0.717) is 39.0 Å². The van der Waals surface area contributed by atoms with Crippen molar-refractivity contribution in [2.75, 3.05) is 24.5 Å². The Morgan fingerprint density at radius 1 is 0.915 bits per heavy atom. The lowest BCUT2D eigenvalue weighted by atomic mass is 9.49. The zero-order chi connectivity index (χ0) is 42.3. The van der Waals surface area contributed by atoms with Gasteiger partial charge in [0.25, 0.3) is 11.8 Å². The molecule has 0 spiro atoms. The van der Waals surface area contributed by atoms with Crippen molar-refractivity contribution in [2.45, 2.75) is 30.4 Å². The third kappa shape index (κ3) is 6.21. The molecule has 304 valence electrons. The Bertz CT molecular complexity index is 2450. The lowest BCUT2D eigenvalue weighted by Crippen LogP contribution is -2.53. The van der Waals surface area contributed by atoms with Gasteiger partial charge in [0.05, 0.1) is 53.7 Å². The molecule has 3 aromatic carbocycles. The van der Waals surface area contributed by atoms with E-state index in [1.807, 2.05) is 0 Å². The second-order valence-electron chi connectivity index (χ2n) is 14.7. The summed E-state index contributed by atoms with van der Waals surface area (Å²) < 4.78 is 51.7. The molecule has 4 aliphatic rings. The number of hydrogen-bond acceptors (Lipinski definition) is 11. The molecule has 0 radical (unpaired) electrons. The number of methoxy groups -OCH3 is 2. The number of phenolic OH excluding ortho intramolecular Hbond substituents is 1. The van der Waals surface area contributed by atoms with Crippen LogP contribution in [0.1, 0.15) is 35.4 Å². The second-order valence-corrected chi connectivity index (χ2v) is 15.5. The van der Waals surface area contributed by atoms with Crippen LogP contribution in [0.15, 0.2) is 84.6 Å². The fourth-order valence-corrected chi connectivity index (χ4v) is 9.65. The first-order valence-electron chi connectivity index (χ1n) is 18.1. The maximum Gasteiger partial charge on any atom is 0.488 e. The number of ether oxygens (including phenoxy) is 2. The molecular weight excluding hydrogens is 819 g/mol. The largest absolute Gasteiger partial charge is 0.502 e. The highest BCUT2D eigenvalue weighted by Gasteiger charge is 2.70. The lowest BCUT2D eigenvalue weighted by molar-refractivity contribution is -0.139. The maximum absolute atomic E-state index is 15.5. The number of hydrogen-bond donors (Lipinski definition) is 4. The van der Waals surface area contributed by atoms with Crippen molar-refractivity contribution >= 4 is 70.9 Å². The number of hydrazine groups is 1. The van der Waals surface area contributed by atoms with Crippen molar-refractivity contribution in [1.82, 2.24) is 9.99 Å².